The molecule has 5 rings (SSSR count). The Morgan fingerprint density at radius 2 is 2.07 bits per heavy atom. The van der Waals surface area contributed by atoms with Crippen LogP contribution in [0.3, 0.4) is 0 Å². The maximum absolute atomic E-state index is 6.38. The van der Waals surface area contributed by atoms with Crippen LogP contribution in [0.2, 0.25) is 0 Å². The summed E-state index contributed by atoms with van der Waals surface area (Å²) < 4.78 is 2.49. The highest BCUT2D eigenvalue weighted by atomic mass is 79.9. The molecular formula is C22H23BrN6. The van der Waals surface area contributed by atoms with Gasteiger partial charge in [-0.3, -0.25) is 4.98 Å². The van der Waals surface area contributed by atoms with E-state index >= 15 is 0 Å². The van der Waals surface area contributed by atoms with Gasteiger partial charge in [0.2, 0.25) is 0 Å². The number of fused-ring (bicyclic) bond motifs is 2. The molecule has 148 valence electrons. The van der Waals surface area contributed by atoms with E-state index in [4.69, 9.17) is 10.7 Å². The van der Waals surface area contributed by atoms with E-state index in [1.54, 1.807) is 4.52 Å². The Balaban J connectivity index is 1.59. The molecule has 0 atom stereocenters. The molecule has 4 aromatic rings. The quantitative estimate of drug-likeness (QED) is 0.463. The van der Waals surface area contributed by atoms with Gasteiger partial charge in [0, 0.05) is 34.8 Å². The van der Waals surface area contributed by atoms with Crippen molar-refractivity contribution in [1.82, 2.24) is 24.9 Å². The molecule has 6 nitrogen and oxygen atoms in total. The van der Waals surface area contributed by atoms with Gasteiger partial charge in [0.15, 0.2) is 5.65 Å². The van der Waals surface area contributed by atoms with Crippen molar-refractivity contribution in [1.29, 1.82) is 0 Å². The smallest absolute Gasteiger partial charge is 0.165 e. The number of hydrogen-bond acceptors (Lipinski definition) is 5. The molecule has 0 saturated heterocycles. The van der Waals surface area contributed by atoms with Crippen LogP contribution in [0.4, 0.5) is 5.82 Å². The van der Waals surface area contributed by atoms with Crippen LogP contribution in [0.25, 0.3) is 27.7 Å². The lowest BCUT2D eigenvalue weighted by Crippen LogP contribution is -2.30. The summed E-state index contributed by atoms with van der Waals surface area (Å²) in [5.41, 5.74) is 12.4. The number of pyridine rings is 1. The number of hydrogen-bond donors (Lipinski definition) is 2. The number of nitrogen functional groups attached to an aromatic ring is 1. The van der Waals surface area contributed by atoms with E-state index in [9.17, 15) is 0 Å². The highest BCUT2D eigenvalue weighted by Gasteiger charge is 2.40. The third kappa shape index (κ3) is 3.18. The van der Waals surface area contributed by atoms with Crippen LogP contribution in [0.5, 0.6) is 0 Å². The number of nitrogens with zero attached hydrogens (tertiary/aromatic N) is 4. The van der Waals surface area contributed by atoms with E-state index in [0.717, 1.165) is 44.3 Å². The number of anilines is 1. The van der Waals surface area contributed by atoms with Gasteiger partial charge in [0.25, 0.3) is 0 Å². The summed E-state index contributed by atoms with van der Waals surface area (Å²) in [6.45, 7) is 4.99. The van der Waals surface area contributed by atoms with Gasteiger partial charge in [0.05, 0.1) is 21.9 Å². The van der Waals surface area contributed by atoms with Gasteiger partial charge < -0.3 is 11.1 Å². The normalized spacial score (nSPS) is 15.3. The minimum atomic E-state index is 0.269. The zero-order chi connectivity index (χ0) is 20.2. The molecule has 1 fully saturated rings. The molecule has 0 radical (unpaired) electrons. The van der Waals surface area contributed by atoms with E-state index < -0.39 is 0 Å². The van der Waals surface area contributed by atoms with Crippen molar-refractivity contribution >= 4 is 38.3 Å². The fourth-order valence-corrected chi connectivity index (χ4v) is 4.24. The molecule has 0 amide bonds. The first-order valence-electron chi connectivity index (χ1n) is 9.93. The van der Waals surface area contributed by atoms with Crippen LogP contribution in [-0.2, 0) is 6.54 Å². The molecule has 1 aliphatic carbocycles. The lowest BCUT2D eigenvalue weighted by Gasteiger charge is -2.16. The van der Waals surface area contributed by atoms with Crippen LogP contribution in [0, 0.1) is 6.92 Å². The van der Waals surface area contributed by atoms with Crippen LogP contribution in [0.15, 0.2) is 41.1 Å². The van der Waals surface area contributed by atoms with Gasteiger partial charge in [0.1, 0.15) is 5.82 Å². The Bertz CT molecular complexity index is 1240. The van der Waals surface area contributed by atoms with Gasteiger partial charge in [-0.25, -0.2) is 4.98 Å². The second-order valence-corrected chi connectivity index (χ2v) is 8.75. The molecule has 0 aliphatic heterocycles. The molecule has 0 spiro atoms. The molecule has 29 heavy (non-hydrogen) atoms. The minimum absolute atomic E-state index is 0.269. The number of nitrogens with two attached hydrogens (primary N) is 1. The highest BCUT2D eigenvalue weighted by Crippen LogP contribution is 2.39. The van der Waals surface area contributed by atoms with Gasteiger partial charge in [-0.15, -0.1) is 0 Å². The summed E-state index contributed by atoms with van der Waals surface area (Å²) >= 11 is 3.62. The molecule has 3 N–H and O–H groups in total. The second-order valence-electron chi connectivity index (χ2n) is 7.96. The van der Waals surface area contributed by atoms with Crippen molar-refractivity contribution < 1.29 is 0 Å². The Kier molecular flexibility index (Phi) is 4.33. The van der Waals surface area contributed by atoms with Crippen molar-refractivity contribution in [2.45, 2.75) is 45.2 Å². The molecular weight excluding hydrogens is 428 g/mol. The van der Waals surface area contributed by atoms with Crippen molar-refractivity contribution in [2.75, 3.05) is 5.73 Å². The molecule has 0 bridgehead atoms. The van der Waals surface area contributed by atoms with Crippen molar-refractivity contribution in [3.63, 3.8) is 0 Å². The van der Waals surface area contributed by atoms with Crippen LogP contribution in [0.1, 0.15) is 37.4 Å². The minimum Gasteiger partial charge on any atom is -0.383 e. The highest BCUT2D eigenvalue weighted by molar-refractivity contribution is 9.10. The topological polar surface area (TPSA) is 81.1 Å². The van der Waals surface area contributed by atoms with Crippen molar-refractivity contribution in [2.24, 2.45) is 0 Å². The third-order valence-electron chi connectivity index (χ3n) is 6.00. The largest absolute Gasteiger partial charge is 0.383 e. The SMILES string of the molecule is CCC1(NCc2nc3c(-c4cnc5ccc(C)cc5c4)cnn3c(N)c2Br)CC1. The van der Waals surface area contributed by atoms with E-state index in [2.05, 4.69) is 63.4 Å². The molecule has 1 aromatic carbocycles. The lowest BCUT2D eigenvalue weighted by atomic mass is 10.1. The van der Waals surface area contributed by atoms with E-state index in [1.807, 2.05) is 18.5 Å². The Morgan fingerprint density at radius 1 is 1.24 bits per heavy atom. The number of rotatable bonds is 5. The lowest BCUT2D eigenvalue weighted by molar-refractivity contribution is 0.477. The monoisotopic (exact) mass is 450 g/mol. The zero-order valence-electron chi connectivity index (χ0n) is 16.5. The number of nitrogens with one attached hydrogen (secondary N) is 1. The standard InChI is InChI=1S/C22H23BrN6/c1-3-22(6-7-22)26-12-18-19(23)20(24)29-21(28-18)16(11-27-29)15-9-14-8-13(2)4-5-17(14)25-10-15/h4-5,8-11,26H,3,6-7,12,24H2,1-2H3. The maximum Gasteiger partial charge on any atom is 0.165 e. The van der Waals surface area contributed by atoms with E-state index in [1.165, 1.54) is 18.4 Å². The summed E-state index contributed by atoms with van der Waals surface area (Å²) in [6.07, 6.45) is 7.26. The number of benzene rings is 1. The molecule has 1 saturated carbocycles. The Hall–Kier alpha value is -2.51. The first-order valence-corrected chi connectivity index (χ1v) is 10.7. The Labute approximate surface area is 177 Å². The Morgan fingerprint density at radius 3 is 2.83 bits per heavy atom. The van der Waals surface area contributed by atoms with Crippen LogP contribution < -0.4 is 11.1 Å². The third-order valence-corrected chi connectivity index (χ3v) is 6.86. The summed E-state index contributed by atoms with van der Waals surface area (Å²) in [4.78, 5) is 9.54. The summed E-state index contributed by atoms with van der Waals surface area (Å²) in [5, 5.41) is 9.25. The molecule has 1 aliphatic rings. The first kappa shape index (κ1) is 18.5. The second kappa shape index (κ2) is 6.78. The van der Waals surface area contributed by atoms with Gasteiger partial charge >= 0.3 is 0 Å². The fourth-order valence-electron chi connectivity index (χ4n) is 3.84. The van der Waals surface area contributed by atoms with Crippen LogP contribution >= 0.6 is 15.9 Å². The average molecular weight is 451 g/mol. The summed E-state index contributed by atoms with van der Waals surface area (Å²) in [7, 11) is 0. The maximum atomic E-state index is 6.38. The number of aryl methyl sites for hydroxylation is 1. The van der Waals surface area contributed by atoms with Crippen molar-refractivity contribution in [3.05, 3.63) is 52.4 Å². The summed E-state index contributed by atoms with van der Waals surface area (Å²) in [5.74, 6) is 0.559. The molecule has 3 heterocycles. The van der Waals surface area contributed by atoms with Gasteiger partial charge in [-0.2, -0.15) is 9.61 Å². The number of aromatic nitrogens is 4. The zero-order valence-corrected chi connectivity index (χ0v) is 18.1. The van der Waals surface area contributed by atoms with E-state index in [0.29, 0.717) is 12.4 Å². The molecule has 0 unspecified atom stereocenters. The predicted molar refractivity (Wildman–Crippen MR) is 120 cm³/mol. The predicted octanol–water partition coefficient (Wildman–Crippen LogP) is 4.63. The van der Waals surface area contributed by atoms with Gasteiger partial charge in [-0.05, 0) is 60.3 Å². The first-order chi connectivity index (χ1) is 14.0. The fraction of sp³-hybridized carbons (Fsp3) is 0.318. The summed E-state index contributed by atoms with van der Waals surface area (Å²) in [6, 6.07) is 8.40. The van der Waals surface area contributed by atoms with E-state index in [-0.39, 0.29) is 5.54 Å². The van der Waals surface area contributed by atoms with Crippen molar-refractivity contribution in [3.8, 4) is 11.1 Å². The average Bonchev–Trinajstić information content (AvgIpc) is 3.39. The number of halogens is 1. The molecule has 7 heteroatoms. The van der Waals surface area contributed by atoms with Gasteiger partial charge in [-0.1, -0.05) is 18.6 Å². The molecule has 3 aromatic heterocycles. The van der Waals surface area contributed by atoms with Crippen LogP contribution in [-0.4, -0.2) is 25.1 Å².